The summed E-state index contributed by atoms with van der Waals surface area (Å²) in [6, 6.07) is 0. The van der Waals surface area contributed by atoms with E-state index in [1.54, 1.807) is 0 Å². The Morgan fingerprint density at radius 3 is 1.31 bits per heavy atom. The molecular weight excluding hydrogens is 204 g/mol. The highest BCUT2D eigenvalue weighted by atomic mass is 16.5. The second-order valence-electron chi connectivity index (χ2n) is 4.45. The van der Waals surface area contributed by atoms with Gasteiger partial charge in [0.2, 0.25) is 0 Å². The smallest absolute Gasteiger partial charge is 0.186 e. The summed E-state index contributed by atoms with van der Waals surface area (Å²) in [7, 11) is 0. The van der Waals surface area contributed by atoms with Crippen LogP contribution in [0.5, 0.6) is 0 Å². The Morgan fingerprint density at radius 2 is 1.19 bits per heavy atom. The molecule has 0 aromatic carbocycles. The Balaban J connectivity index is 0.000000160. The third-order valence-electron chi connectivity index (χ3n) is 2.21. The van der Waals surface area contributed by atoms with Gasteiger partial charge in [-0.25, -0.2) is 0 Å². The van der Waals surface area contributed by atoms with Crippen molar-refractivity contribution in [1.29, 1.82) is 0 Å². The first-order valence-corrected chi connectivity index (χ1v) is 5.95. The van der Waals surface area contributed by atoms with Gasteiger partial charge in [0.05, 0.1) is 13.1 Å². The molecule has 16 heavy (non-hydrogen) atoms. The fourth-order valence-electron chi connectivity index (χ4n) is 1.40. The van der Waals surface area contributed by atoms with Crippen molar-refractivity contribution in [2.75, 3.05) is 26.3 Å². The number of hydrogen-bond acceptors (Lipinski definition) is 4. The molecule has 2 rings (SSSR count). The van der Waals surface area contributed by atoms with Crippen LogP contribution in [-0.4, -0.2) is 38.1 Å². The monoisotopic (exact) mass is 226 g/mol. The lowest BCUT2D eigenvalue weighted by Crippen LogP contribution is -2.06. The Hall–Kier alpha value is -1.06. The van der Waals surface area contributed by atoms with Crippen molar-refractivity contribution in [3.05, 3.63) is 0 Å². The van der Waals surface area contributed by atoms with Crippen molar-refractivity contribution >= 4 is 11.8 Å². The molecule has 92 valence electrons. The van der Waals surface area contributed by atoms with Gasteiger partial charge in [-0.1, -0.05) is 27.7 Å². The number of hydrogen-bond donors (Lipinski definition) is 0. The van der Waals surface area contributed by atoms with E-state index in [1.165, 1.54) is 0 Å². The SMILES string of the molecule is CC(C)C1=NCCO1.CC(C)C1=NCCO1. The van der Waals surface area contributed by atoms with E-state index in [9.17, 15) is 0 Å². The molecule has 0 N–H and O–H groups in total. The van der Waals surface area contributed by atoms with Gasteiger partial charge in [0.15, 0.2) is 11.8 Å². The van der Waals surface area contributed by atoms with E-state index in [2.05, 4.69) is 37.7 Å². The summed E-state index contributed by atoms with van der Waals surface area (Å²) >= 11 is 0. The van der Waals surface area contributed by atoms with Crippen molar-refractivity contribution in [3.8, 4) is 0 Å². The standard InChI is InChI=1S/2C6H11NO/c2*1-5(2)6-7-3-4-8-6/h2*5H,3-4H2,1-2H3. The van der Waals surface area contributed by atoms with E-state index in [4.69, 9.17) is 9.47 Å². The van der Waals surface area contributed by atoms with E-state index in [1.807, 2.05) is 0 Å². The summed E-state index contributed by atoms with van der Waals surface area (Å²) in [5.74, 6) is 2.78. The van der Waals surface area contributed by atoms with Crippen LogP contribution in [0.25, 0.3) is 0 Å². The second kappa shape index (κ2) is 6.51. The molecule has 0 aliphatic carbocycles. The van der Waals surface area contributed by atoms with Crippen LogP contribution in [0.15, 0.2) is 9.98 Å². The fourth-order valence-corrected chi connectivity index (χ4v) is 1.40. The lowest BCUT2D eigenvalue weighted by atomic mass is 10.2. The molecule has 0 unspecified atom stereocenters. The molecule has 0 aromatic heterocycles. The molecule has 0 radical (unpaired) electrons. The highest BCUT2D eigenvalue weighted by Crippen LogP contribution is 2.04. The summed E-state index contributed by atoms with van der Waals surface area (Å²) in [4.78, 5) is 8.26. The maximum atomic E-state index is 5.16. The molecule has 2 aliphatic heterocycles. The fraction of sp³-hybridized carbons (Fsp3) is 0.833. The predicted octanol–water partition coefficient (Wildman–Crippen LogP) is 2.14. The molecular formula is C12H22N2O2. The molecule has 0 amide bonds. The normalized spacial score (nSPS) is 18.6. The number of nitrogens with zero attached hydrogens (tertiary/aromatic N) is 2. The Bertz CT molecular complexity index is 242. The summed E-state index contributed by atoms with van der Waals surface area (Å²) in [5, 5.41) is 0. The molecule has 0 atom stereocenters. The third kappa shape index (κ3) is 4.21. The zero-order valence-corrected chi connectivity index (χ0v) is 10.7. The van der Waals surface area contributed by atoms with Crippen LogP contribution in [0.3, 0.4) is 0 Å². The molecule has 0 aromatic rings. The minimum Gasteiger partial charge on any atom is -0.479 e. The van der Waals surface area contributed by atoms with Gasteiger partial charge >= 0.3 is 0 Å². The lowest BCUT2D eigenvalue weighted by molar-refractivity contribution is 0.328. The summed E-state index contributed by atoms with van der Waals surface area (Å²) in [5.41, 5.74) is 0. The van der Waals surface area contributed by atoms with Crippen LogP contribution in [0.4, 0.5) is 0 Å². The average Bonchev–Trinajstić information content (AvgIpc) is 2.93. The van der Waals surface area contributed by atoms with Crippen LogP contribution < -0.4 is 0 Å². The maximum absolute atomic E-state index is 5.16. The van der Waals surface area contributed by atoms with Gasteiger partial charge in [-0.3, -0.25) is 9.98 Å². The van der Waals surface area contributed by atoms with Gasteiger partial charge in [-0.05, 0) is 0 Å². The highest BCUT2D eigenvalue weighted by Gasteiger charge is 2.10. The van der Waals surface area contributed by atoms with Crippen molar-refractivity contribution in [2.45, 2.75) is 27.7 Å². The van der Waals surface area contributed by atoms with Crippen molar-refractivity contribution in [3.63, 3.8) is 0 Å². The molecule has 0 saturated carbocycles. The number of ether oxygens (including phenoxy) is 2. The third-order valence-corrected chi connectivity index (χ3v) is 2.21. The maximum Gasteiger partial charge on any atom is 0.186 e. The van der Waals surface area contributed by atoms with Gasteiger partial charge in [0, 0.05) is 11.8 Å². The van der Waals surface area contributed by atoms with E-state index in [0.717, 1.165) is 38.1 Å². The minimum absolute atomic E-state index is 0.470. The summed E-state index contributed by atoms with van der Waals surface area (Å²) in [6.07, 6.45) is 0. The largest absolute Gasteiger partial charge is 0.479 e. The Morgan fingerprint density at radius 1 is 0.812 bits per heavy atom. The first kappa shape index (κ1) is 13.0. The molecule has 4 heteroatoms. The molecule has 2 aliphatic rings. The molecule has 0 spiro atoms. The predicted molar refractivity (Wildman–Crippen MR) is 66.2 cm³/mol. The number of aliphatic imine (C=N–C) groups is 2. The van der Waals surface area contributed by atoms with Crippen LogP contribution in [0.2, 0.25) is 0 Å². The van der Waals surface area contributed by atoms with Crippen LogP contribution in [0, 0.1) is 11.8 Å². The molecule has 0 fully saturated rings. The van der Waals surface area contributed by atoms with Crippen LogP contribution >= 0.6 is 0 Å². The van der Waals surface area contributed by atoms with E-state index in [-0.39, 0.29) is 0 Å². The second-order valence-corrected chi connectivity index (χ2v) is 4.45. The van der Waals surface area contributed by atoms with Gasteiger partial charge in [-0.15, -0.1) is 0 Å². The van der Waals surface area contributed by atoms with Gasteiger partial charge in [0.1, 0.15) is 13.2 Å². The van der Waals surface area contributed by atoms with Gasteiger partial charge in [-0.2, -0.15) is 0 Å². The highest BCUT2D eigenvalue weighted by molar-refractivity contribution is 5.79. The van der Waals surface area contributed by atoms with Gasteiger partial charge < -0.3 is 9.47 Å². The van der Waals surface area contributed by atoms with Crippen LogP contribution in [0.1, 0.15) is 27.7 Å². The summed E-state index contributed by atoms with van der Waals surface area (Å²) < 4.78 is 10.3. The first-order chi connectivity index (χ1) is 7.61. The lowest BCUT2D eigenvalue weighted by Gasteiger charge is -2.01. The van der Waals surface area contributed by atoms with Crippen molar-refractivity contribution in [2.24, 2.45) is 21.8 Å². The zero-order chi connectivity index (χ0) is 12.0. The molecule has 2 heterocycles. The quantitative estimate of drug-likeness (QED) is 0.724. The van der Waals surface area contributed by atoms with E-state index in [0.29, 0.717) is 11.8 Å². The minimum atomic E-state index is 0.470. The first-order valence-electron chi connectivity index (χ1n) is 5.95. The van der Waals surface area contributed by atoms with E-state index >= 15 is 0 Å². The molecule has 4 nitrogen and oxygen atoms in total. The Labute approximate surface area is 97.8 Å². The topological polar surface area (TPSA) is 43.2 Å². The van der Waals surface area contributed by atoms with Crippen molar-refractivity contribution < 1.29 is 9.47 Å². The average molecular weight is 226 g/mol. The van der Waals surface area contributed by atoms with Crippen LogP contribution in [-0.2, 0) is 9.47 Å². The Kier molecular flexibility index (Phi) is 5.29. The van der Waals surface area contributed by atoms with E-state index < -0.39 is 0 Å². The number of rotatable bonds is 2. The van der Waals surface area contributed by atoms with Crippen molar-refractivity contribution in [1.82, 2.24) is 0 Å². The zero-order valence-electron chi connectivity index (χ0n) is 10.7. The molecule has 0 bridgehead atoms. The van der Waals surface area contributed by atoms with Gasteiger partial charge in [0.25, 0.3) is 0 Å². The molecule has 0 saturated heterocycles. The summed E-state index contributed by atoms with van der Waals surface area (Å²) in [6.45, 7) is 11.6.